The fraction of sp³-hybridized carbons (Fsp3) is 0.611. The molecule has 0 radical (unpaired) electrons. The number of aliphatic imine (C=N–C) groups is 1. The average Bonchev–Trinajstić information content (AvgIpc) is 2.63. The van der Waals surface area contributed by atoms with Crippen LogP contribution in [-0.4, -0.2) is 66.7 Å². The number of ether oxygens (including phenoxy) is 1. The van der Waals surface area contributed by atoms with Crippen LogP contribution in [0.15, 0.2) is 35.3 Å². The largest absolute Gasteiger partial charge is 0.379 e. The number of nitrogens with zero attached hydrogens (tertiary/aromatic N) is 3. The van der Waals surface area contributed by atoms with Crippen LogP contribution >= 0.6 is 11.8 Å². The van der Waals surface area contributed by atoms with Crippen LogP contribution in [-0.2, 0) is 11.3 Å². The van der Waals surface area contributed by atoms with Crippen molar-refractivity contribution in [2.24, 2.45) is 4.99 Å². The normalized spacial score (nSPS) is 19.4. The molecule has 2 heterocycles. The van der Waals surface area contributed by atoms with Crippen LogP contribution in [0.3, 0.4) is 0 Å². The molecule has 1 aromatic rings. The lowest BCUT2D eigenvalue weighted by atomic mass is 10.2. The Balaban J connectivity index is 1.54. The van der Waals surface area contributed by atoms with E-state index in [0.717, 1.165) is 52.5 Å². The first kappa shape index (κ1) is 16.8. The second-order valence-corrected chi connectivity index (χ2v) is 7.14. The van der Waals surface area contributed by atoms with Gasteiger partial charge in [-0.15, -0.1) is 0 Å². The number of hydrogen-bond donors (Lipinski definition) is 0. The minimum atomic E-state index is 0.885. The maximum absolute atomic E-state index is 5.43. The third-order valence-corrected chi connectivity index (χ3v) is 5.41. The molecule has 2 aliphatic heterocycles. The molecule has 0 spiro atoms. The first-order chi connectivity index (χ1) is 11.4. The second kappa shape index (κ2) is 9.30. The van der Waals surface area contributed by atoms with Crippen molar-refractivity contribution in [1.82, 2.24) is 9.80 Å². The predicted octanol–water partition coefficient (Wildman–Crippen LogP) is 2.70. The summed E-state index contributed by atoms with van der Waals surface area (Å²) in [4.78, 5) is 9.75. The average molecular weight is 334 g/mol. The van der Waals surface area contributed by atoms with Gasteiger partial charge in [-0.25, -0.2) is 0 Å². The molecule has 4 nitrogen and oxygen atoms in total. The summed E-state index contributed by atoms with van der Waals surface area (Å²) in [7, 11) is 0. The molecule has 0 aliphatic carbocycles. The predicted molar refractivity (Wildman–Crippen MR) is 98.1 cm³/mol. The topological polar surface area (TPSA) is 28.1 Å². The first-order valence-corrected chi connectivity index (χ1v) is 9.66. The van der Waals surface area contributed by atoms with Gasteiger partial charge in [0.25, 0.3) is 0 Å². The van der Waals surface area contributed by atoms with Gasteiger partial charge in [0.05, 0.1) is 13.2 Å². The van der Waals surface area contributed by atoms with Crippen LogP contribution in [0.5, 0.6) is 0 Å². The number of amidine groups is 1. The SMILES string of the molecule is c1ccc(CN(CCCN2CCOCC2)C2=NCCCS2)cc1. The van der Waals surface area contributed by atoms with E-state index in [1.54, 1.807) is 0 Å². The van der Waals surface area contributed by atoms with Crippen molar-refractivity contribution < 1.29 is 4.74 Å². The van der Waals surface area contributed by atoms with Crippen molar-refractivity contribution in [2.45, 2.75) is 19.4 Å². The van der Waals surface area contributed by atoms with Gasteiger partial charge in [-0.3, -0.25) is 9.89 Å². The van der Waals surface area contributed by atoms with Gasteiger partial charge in [-0.2, -0.15) is 0 Å². The van der Waals surface area contributed by atoms with Crippen LogP contribution in [0, 0.1) is 0 Å². The quantitative estimate of drug-likeness (QED) is 0.800. The van der Waals surface area contributed by atoms with E-state index in [2.05, 4.69) is 40.1 Å². The standard InChI is InChI=1S/C18H27N3OS/c1-2-6-17(7-3-1)16-21(18-19-8-4-15-23-18)10-5-9-20-11-13-22-14-12-20/h1-3,6-7H,4-5,8-16H2. The summed E-state index contributed by atoms with van der Waals surface area (Å²) in [5.74, 6) is 1.20. The molecule has 0 bridgehead atoms. The number of hydrogen-bond acceptors (Lipinski definition) is 5. The number of thioether (sulfide) groups is 1. The van der Waals surface area contributed by atoms with Crippen molar-refractivity contribution in [3.8, 4) is 0 Å². The zero-order valence-electron chi connectivity index (χ0n) is 13.8. The molecule has 1 aromatic carbocycles. The van der Waals surface area contributed by atoms with Crippen molar-refractivity contribution in [2.75, 3.05) is 51.7 Å². The highest BCUT2D eigenvalue weighted by atomic mass is 32.2. The van der Waals surface area contributed by atoms with E-state index in [1.165, 1.54) is 29.3 Å². The summed E-state index contributed by atoms with van der Waals surface area (Å²) in [6.07, 6.45) is 2.40. The minimum absolute atomic E-state index is 0.885. The lowest BCUT2D eigenvalue weighted by Gasteiger charge is -2.30. The van der Waals surface area contributed by atoms with Crippen molar-refractivity contribution in [1.29, 1.82) is 0 Å². The highest BCUT2D eigenvalue weighted by Gasteiger charge is 2.16. The highest BCUT2D eigenvalue weighted by Crippen LogP contribution is 2.18. The summed E-state index contributed by atoms with van der Waals surface area (Å²) in [6, 6.07) is 10.7. The maximum Gasteiger partial charge on any atom is 0.159 e. The fourth-order valence-electron chi connectivity index (χ4n) is 3.00. The number of benzene rings is 1. The molecule has 23 heavy (non-hydrogen) atoms. The van der Waals surface area contributed by atoms with Gasteiger partial charge in [0, 0.05) is 45.0 Å². The van der Waals surface area contributed by atoms with Crippen LogP contribution in [0.25, 0.3) is 0 Å². The third kappa shape index (κ3) is 5.52. The van der Waals surface area contributed by atoms with E-state index in [9.17, 15) is 0 Å². The van der Waals surface area contributed by atoms with E-state index < -0.39 is 0 Å². The zero-order chi connectivity index (χ0) is 15.7. The Morgan fingerprint density at radius 3 is 2.74 bits per heavy atom. The Bertz CT molecular complexity index is 488. The van der Waals surface area contributed by atoms with Crippen molar-refractivity contribution in [3.05, 3.63) is 35.9 Å². The van der Waals surface area contributed by atoms with Gasteiger partial charge in [-0.05, 0) is 18.4 Å². The Morgan fingerprint density at radius 1 is 1.17 bits per heavy atom. The van der Waals surface area contributed by atoms with E-state index in [1.807, 2.05) is 11.8 Å². The van der Waals surface area contributed by atoms with Crippen LogP contribution in [0.1, 0.15) is 18.4 Å². The lowest BCUT2D eigenvalue weighted by molar-refractivity contribution is 0.0368. The van der Waals surface area contributed by atoms with Crippen molar-refractivity contribution >= 4 is 16.9 Å². The van der Waals surface area contributed by atoms with Gasteiger partial charge in [0.2, 0.25) is 0 Å². The minimum Gasteiger partial charge on any atom is -0.379 e. The Kier molecular flexibility index (Phi) is 6.80. The Hall–Kier alpha value is -1.04. The smallest absolute Gasteiger partial charge is 0.159 e. The summed E-state index contributed by atoms with van der Waals surface area (Å²) in [5, 5.41) is 1.24. The highest BCUT2D eigenvalue weighted by molar-refractivity contribution is 8.13. The molecule has 3 rings (SSSR count). The molecule has 5 heteroatoms. The van der Waals surface area contributed by atoms with E-state index in [-0.39, 0.29) is 0 Å². The molecule has 1 saturated heterocycles. The number of rotatable bonds is 6. The summed E-state index contributed by atoms with van der Waals surface area (Å²) in [5.41, 5.74) is 1.37. The van der Waals surface area contributed by atoms with Gasteiger partial charge in [0.15, 0.2) is 5.17 Å². The van der Waals surface area contributed by atoms with Crippen LogP contribution in [0.4, 0.5) is 0 Å². The van der Waals surface area contributed by atoms with Gasteiger partial charge >= 0.3 is 0 Å². The van der Waals surface area contributed by atoms with Crippen LogP contribution < -0.4 is 0 Å². The molecule has 0 unspecified atom stereocenters. The molecular weight excluding hydrogens is 306 g/mol. The summed E-state index contributed by atoms with van der Waals surface area (Å²) < 4.78 is 5.43. The second-order valence-electron chi connectivity index (χ2n) is 6.08. The molecule has 126 valence electrons. The summed E-state index contributed by atoms with van der Waals surface area (Å²) >= 11 is 1.92. The fourth-order valence-corrected chi connectivity index (χ4v) is 3.97. The summed E-state index contributed by atoms with van der Waals surface area (Å²) in [6.45, 7) is 8.12. The first-order valence-electron chi connectivity index (χ1n) is 8.68. The van der Waals surface area contributed by atoms with E-state index >= 15 is 0 Å². The van der Waals surface area contributed by atoms with Gasteiger partial charge < -0.3 is 9.64 Å². The van der Waals surface area contributed by atoms with E-state index in [4.69, 9.17) is 9.73 Å². The molecule has 0 saturated carbocycles. The zero-order valence-corrected chi connectivity index (χ0v) is 14.6. The monoisotopic (exact) mass is 333 g/mol. The Morgan fingerprint density at radius 2 is 2.00 bits per heavy atom. The molecule has 0 aromatic heterocycles. The van der Waals surface area contributed by atoms with Gasteiger partial charge in [-0.1, -0.05) is 42.1 Å². The number of morpholine rings is 1. The van der Waals surface area contributed by atoms with Crippen molar-refractivity contribution in [3.63, 3.8) is 0 Å². The van der Waals surface area contributed by atoms with Crippen LogP contribution in [0.2, 0.25) is 0 Å². The third-order valence-electron chi connectivity index (χ3n) is 4.27. The molecular formula is C18H27N3OS. The molecule has 0 atom stereocenters. The molecule has 1 fully saturated rings. The molecule has 2 aliphatic rings. The maximum atomic E-state index is 5.43. The molecule has 0 amide bonds. The molecule has 0 N–H and O–H groups in total. The Labute approximate surface area is 143 Å². The van der Waals surface area contributed by atoms with Gasteiger partial charge in [0.1, 0.15) is 0 Å². The lowest BCUT2D eigenvalue weighted by Crippen LogP contribution is -2.39. The van der Waals surface area contributed by atoms with E-state index in [0.29, 0.717) is 0 Å².